The molecule has 2 saturated carbocycles. The number of carbonyl (C=O) groups excluding carboxylic acids is 1. The lowest BCUT2D eigenvalue weighted by Gasteiger charge is -2.36. The van der Waals surface area contributed by atoms with E-state index in [1.165, 1.54) is 17.5 Å². The third-order valence-electron chi connectivity index (χ3n) is 6.29. The standard InChI is InChI=1S/C22H34N2O4S/c1-5-23(6-2)29(26,27)21-15-17(9-14-20(21)28-4)22(25)24(19-12-13-19)18-10-7-16(3)8-11-18/h9,14-16,18-19H,5-8,10-13H2,1-4H3. The van der Waals surface area contributed by atoms with Gasteiger partial charge in [0.15, 0.2) is 0 Å². The monoisotopic (exact) mass is 422 g/mol. The van der Waals surface area contributed by atoms with Crippen molar-refractivity contribution in [2.24, 2.45) is 5.92 Å². The van der Waals surface area contributed by atoms with Crippen molar-refractivity contribution < 1.29 is 17.9 Å². The molecule has 2 aliphatic carbocycles. The summed E-state index contributed by atoms with van der Waals surface area (Å²) in [7, 11) is -2.27. The number of hydrogen-bond acceptors (Lipinski definition) is 4. The van der Waals surface area contributed by atoms with Gasteiger partial charge in [-0.05, 0) is 62.6 Å². The molecular formula is C22H34N2O4S. The molecule has 3 rings (SSSR count). The topological polar surface area (TPSA) is 66.9 Å². The van der Waals surface area contributed by atoms with E-state index in [2.05, 4.69) is 6.92 Å². The Hall–Kier alpha value is -1.60. The van der Waals surface area contributed by atoms with Crippen LogP contribution in [0.1, 0.15) is 69.7 Å². The van der Waals surface area contributed by atoms with Gasteiger partial charge in [-0.3, -0.25) is 4.79 Å². The number of rotatable bonds is 8. The number of amides is 1. The molecule has 0 saturated heterocycles. The summed E-state index contributed by atoms with van der Waals surface area (Å²) < 4.78 is 33.0. The van der Waals surface area contributed by atoms with Crippen LogP contribution in [0.25, 0.3) is 0 Å². The summed E-state index contributed by atoms with van der Waals surface area (Å²) >= 11 is 0. The third-order valence-corrected chi connectivity index (χ3v) is 8.36. The highest BCUT2D eigenvalue weighted by Gasteiger charge is 2.39. The van der Waals surface area contributed by atoms with Crippen LogP contribution in [0.4, 0.5) is 0 Å². The Morgan fingerprint density at radius 3 is 2.07 bits per heavy atom. The van der Waals surface area contributed by atoms with E-state index in [1.54, 1.807) is 26.0 Å². The van der Waals surface area contributed by atoms with E-state index in [9.17, 15) is 13.2 Å². The molecule has 7 heteroatoms. The highest BCUT2D eigenvalue weighted by atomic mass is 32.2. The van der Waals surface area contributed by atoms with Gasteiger partial charge in [-0.15, -0.1) is 0 Å². The lowest BCUT2D eigenvalue weighted by Crippen LogP contribution is -2.43. The maximum absolute atomic E-state index is 13.5. The van der Waals surface area contributed by atoms with E-state index in [0.717, 1.165) is 38.5 Å². The van der Waals surface area contributed by atoms with E-state index < -0.39 is 10.0 Å². The van der Waals surface area contributed by atoms with Crippen molar-refractivity contribution in [1.29, 1.82) is 0 Å². The van der Waals surface area contributed by atoms with Crippen molar-refractivity contribution >= 4 is 15.9 Å². The fourth-order valence-corrected chi connectivity index (χ4v) is 6.01. The first-order valence-corrected chi connectivity index (χ1v) is 12.3. The second-order valence-corrected chi connectivity index (χ2v) is 10.2. The zero-order valence-electron chi connectivity index (χ0n) is 18.1. The van der Waals surface area contributed by atoms with Crippen molar-refractivity contribution in [3.63, 3.8) is 0 Å². The average Bonchev–Trinajstić information content (AvgIpc) is 3.54. The van der Waals surface area contributed by atoms with Crippen LogP contribution in [-0.2, 0) is 10.0 Å². The quantitative estimate of drug-likeness (QED) is 0.637. The molecule has 1 aromatic carbocycles. The number of ether oxygens (including phenoxy) is 1. The highest BCUT2D eigenvalue weighted by molar-refractivity contribution is 7.89. The van der Waals surface area contributed by atoms with Crippen LogP contribution in [0.3, 0.4) is 0 Å². The van der Waals surface area contributed by atoms with Crippen LogP contribution in [0.5, 0.6) is 5.75 Å². The first kappa shape index (κ1) is 22.1. The van der Waals surface area contributed by atoms with E-state index in [1.807, 2.05) is 4.90 Å². The van der Waals surface area contributed by atoms with Crippen molar-refractivity contribution in [1.82, 2.24) is 9.21 Å². The average molecular weight is 423 g/mol. The van der Waals surface area contributed by atoms with Crippen LogP contribution in [-0.4, -0.2) is 55.8 Å². The minimum absolute atomic E-state index is 0.0503. The summed E-state index contributed by atoms with van der Waals surface area (Å²) in [5.74, 6) is 0.942. The lowest BCUT2D eigenvalue weighted by molar-refractivity contribution is 0.0592. The molecule has 0 heterocycles. The molecule has 0 unspecified atom stereocenters. The van der Waals surface area contributed by atoms with Crippen LogP contribution < -0.4 is 4.74 Å². The predicted octanol–water partition coefficient (Wildman–Crippen LogP) is 3.91. The van der Waals surface area contributed by atoms with Crippen LogP contribution in [0, 0.1) is 5.92 Å². The first-order valence-electron chi connectivity index (χ1n) is 10.8. The molecule has 1 amide bonds. The van der Waals surface area contributed by atoms with Crippen molar-refractivity contribution in [3.05, 3.63) is 23.8 Å². The zero-order valence-corrected chi connectivity index (χ0v) is 18.9. The summed E-state index contributed by atoms with van der Waals surface area (Å²) in [6.45, 7) is 6.62. The summed E-state index contributed by atoms with van der Waals surface area (Å²) in [4.78, 5) is 15.6. The predicted molar refractivity (Wildman–Crippen MR) is 114 cm³/mol. The van der Waals surface area contributed by atoms with Crippen molar-refractivity contribution in [2.45, 2.75) is 76.3 Å². The maximum Gasteiger partial charge on any atom is 0.254 e. The van der Waals surface area contributed by atoms with Gasteiger partial charge in [0.05, 0.1) is 7.11 Å². The molecule has 6 nitrogen and oxygen atoms in total. The van der Waals surface area contributed by atoms with Crippen LogP contribution >= 0.6 is 0 Å². The SMILES string of the molecule is CCN(CC)S(=O)(=O)c1cc(C(=O)N(C2CCC(C)CC2)C2CC2)ccc1OC. The second-order valence-electron chi connectivity index (χ2n) is 8.31. The van der Waals surface area contributed by atoms with Gasteiger partial charge in [-0.25, -0.2) is 8.42 Å². The Kier molecular flexibility index (Phi) is 6.89. The Labute approximate surface area is 175 Å². The summed E-state index contributed by atoms with van der Waals surface area (Å²) in [6.07, 6.45) is 6.43. The molecule has 162 valence electrons. The maximum atomic E-state index is 13.5. The van der Waals surface area contributed by atoms with E-state index in [-0.39, 0.29) is 22.6 Å². The molecule has 29 heavy (non-hydrogen) atoms. The second kappa shape index (κ2) is 9.04. The van der Waals surface area contributed by atoms with E-state index in [0.29, 0.717) is 30.6 Å². The van der Waals surface area contributed by atoms with Gasteiger partial charge in [0, 0.05) is 30.7 Å². The molecule has 0 spiro atoms. The van der Waals surface area contributed by atoms with Gasteiger partial charge in [-0.2, -0.15) is 4.31 Å². The van der Waals surface area contributed by atoms with Crippen LogP contribution in [0.2, 0.25) is 0 Å². The molecule has 2 fully saturated rings. The number of benzene rings is 1. The van der Waals surface area contributed by atoms with Crippen molar-refractivity contribution in [2.75, 3.05) is 20.2 Å². The first-order chi connectivity index (χ1) is 13.8. The van der Waals surface area contributed by atoms with Gasteiger partial charge in [0.1, 0.15) is 10.6 Å². The summed E-state index contributed by atoms with van der Waals surface area (Å²) in [6, 6.07) is 5.37. The Morgan fingerprint density at radius 2 is 1.59 bits per heavy atom. The normalized spacial score (nSPS) is 22.5. The molecule has 2 aliphatic rings. The van der Waals surface area contributed by atoms with E-state index >= 15 is 0 Å². The number of hydrogen-bond donors (Lipinski definition) is 0. The van der Waals surface area contributed by atoms with Crippen LogP contribution in [0.15, 0.2) is 23.1 Å². The van der Waals surface area contributed by atoms with Gasteiger partial charge in [-0.1, -0.05) is 20.8 Å². The van der Waals surface area contributed by atoms with Gasteiger partial charge in [0.2, 0.25) is 10.0 Å². The number of carbonyl (C=O) groups is 1. The minimum atomic E-state index is -3.72. The fraction of sp³-hybridized carbons (Fsp3) is 0.682. The van der Waals surface area contributed by atoms with Crippen molar-refractivity contribution in [3.8, 4) is 5.75 Å². The molecule has 0 aromatic heterocycles. The molecule has 0 N–H and O–H groups in total. The van der Waals surface area contributed by atoms with Gasteiger partial charge in [0.25, 0.3) is 5.91 Å². The van der Waals surface area contributed by atoms with Gasteiger partial charge < -0.3 is 9.64 Å². The molecular weight excluding hydrogens is 388 g/mol. The number of sulfonamides is 1. The zero-order chi connectivity index (χ0) is 21.2. The lowest BCUT2D eigenvalue weighted by atomic mass is 9.86. The fourth-order valence-electron chi connectivity index (χ4n) is 4.37. The minimum Gasteiger partial charge on any atom is -0.495 e. The number of methoxy groups -OCH3 is 1. The van der Waals surface area contributed by atoms with E-state index in [4.69, 9.17) is 4.74 Å². The number of nitrogens with zero attached hydrogens (tertiary/aromatic N) is 2. The Morgan fingerprint density at radius 1 is 1.03 bits per heavy atom. The van der Waals surface area contributed by atoms with Gasteiger partial charge >= 0.3 is 0 Å². The Bertz CT molecular complexity index is 823. The third kappa shape index (κ3) is 4.61. The highest BCUT2D eigenvalue weighted by Crippen LogP contribution is 2.37. The summed E-state index contributed by atoms with van der Waals surface area (Å²) in [5, 5.41) is 0. The molecule has 0 atom stereocenters. The largest absolute Gasteiger partial charge is 0.495 e. The molecule has 0 aliphatic heterocycles. The summed E-state index contributed by atoms with van der Waals surface area (Å²) in [5.41, 5.74) is 0.432. The molecule has 1 aromatic rings. The Balaban J connectivity index is 1.94. The smallest absolute Gasteiger partial charge is 0.254 e. The molecule has 0 bridgehead atoms. The molecule has 0 radical (unpaired) electrons.